The summed E-state index contributed by atoms with van der Waals surface area (Å²) in [6, 6.07) is 0. The van der Waals surface area contributed by atoms with Gasteiger partial charge in [0.2, 0.25) is 0 Å². The molecule has 0 heterocycles. The minimum Gasteiger partial charge on any atom is -0.281 e. The van der Waals surface area contributed by atoms with Crippen LogP contribution >= 0.6 is 0 Å². The molecule has 0 aliphatic rings. The Morgan fingerprint density at radius 3 is 1.25 bits per heavy atom. The maximum Gasteiger partial charge on any atom is 0.472 e. The zero-order chi connectivity index (χ0) is 9.50. The van der Waals surface area contributed by atoms with Crippen molar-refractivity contribution in [2.45, 2.75) is 11.4 Å². The Balaban J connectivity index is 0. The summed E-state index contributed by atoms with van der Waals surface area (Å²) in [4.78, 5) is 0. The molecule has 0 aliphatic heterocycles. The predicted octanol–water partition coefficient (Wildman–Crippen LogP) is 1.18. The molecule has 0 rings (SSSR count). The van der Waals surface area contributed by atoms with Crippen molar-refractivity contribution in [3.63, 3.8) is 0 Å². The second-order valence-corrected chi connectivity index (χ2v) is 2.95. The molecule has 0 fully saturated rings. The smallest absolute Gasteiger partial charge is 0.281 e. The molecule has 10 heteroatoms. The molecule has 0 aromatic heterocycles. The van der Waals surface area contributed by atoms with E-state index in [0.717, 1.165) is 0 Å². The predicted molar refractivity (Wildman–Crippen MR) is 25.1 cm³/mol. The van der Waals surface area contributed by atoms with E-state index in [9.17, 15) is 30.4 Å². The molecule has 0 saturated carbocycles. The average Bonchev–Trinajstić information content (AvgIpc) is 1.58. The Labute approximate surface area is 62.3 Å². The largest absolute Gasteiger partial charge is 0.472 e. The van der Waals surface area contributed by atoms with Crippen LogP contribution in [0.1, 0.15) is 0 Å². The van der Waals surface area contributed by atoms with Crippen LogP contribution < -0.4 is 0 Å². The Kier molecular flexibility index (Phi) is 3.61. The number of rotatable bonds is 1. The first-order valence-electron chi connectivity index (χ1n) is 1.91. The van der Waals surface area contributed by atoms with E-state index < -0.39 is 21.5 Å². The molecule has 0 saturated heterocycles. The zero-order valence-corrected chi connectivity index (χ0v) is 5.79. The Morgan fingerprint density at radius 1 is 1.00 bits per heavy atom. The SMILES string of the molecule is F.O=S(=O)(O)C(F)(F)C(F)(F)F. The van der Waals surface area contributed by atoms with Gasteiger partial charge in [-0.3, -0.25) is 9.26 Å². The van der Waals surface area contributed by atoms with Gasteiger partial charge in [-0.2, -0.15) is 30.4 Å². The quantitative estimate of drug-likeness (QED) is 0.533. The molecule has 12 heavy (non-hydrogen) atoms. The molecular formula is C2H2F6O3S. The summed E-state index contributed by atoms with van der Waals surface area (Å²) >= 11 is 0. The highest BCUT2D eigenvalue weighted by atomic mass is 32.2. The summed E-state index contributed by atoms with van der Waals surface area (Å²) in [5, 5.41) is -6.10. The standard InChI is InChI=1S/C2HF5O3S.FH/c3-1(4,5)2(6,7)11(8,9)10;/h(H,8,9,10);1H. The lowest BCUT2D eigenvalue weighted by Crippen LogP contribution is -2.43. The van der Waals surface area contributed by atoms with Crippen molar-refractivity contribution in [3.8, 4) is 0 Å². The van der Waals surface area contributed by atoms with Gasteiger partial charge in [-0.05, 0) is 0 Å². The molecule has 1 N–H and O–H groups in total. The summed E-state index contributed by atoms with van der Waals surface area (Å²) < 4.78 is 82.2. The van der Waals surface area contributed by atoms with Crippen LogP contribution in [0.25, 0.3) is 0 Å². The summed E-state index contributed by atoms with van der Waals surface area (Å²) in [5.74, 6) is 0. The Morgan fingerprint density at radius 2 is 1.25 bits per heavy atom. The topological polar surface area (TPSA) is 54.4 Å². The fourth-order valence-electron chi connectivity index (χ4n) is 0.146. The molecule has 0 aliphatic carbocycles. The van der Waals surface area contributed by atoms with Crippen LogP contribution in [0.5, 0.6) is 0 Å². The molecule has 0 unspecified atom stereocenters. The third kappa shape index (κ3) is 2.24. The molecule has 0 aromatic rings. The van der Waals surface area contributed by atoms with E-state index in [2.05, 4.69) is 0 Å². The molecule has 76 valence electrons. The molecule has 0 bridgehead atoms. The first-order valence-corrected chi connectivity index (χ1v) is 3.36. The number of hydrogen-bond donors (Lipinski definition) is 1. The first-order chi connectivity index (χ1) is 4.50. The molecule has 3 nitrogen and oxygen atoms in total. The van der Waals surface area contributed by atoms with Crippen LogP contribution in [0.2, 0.25) is 0 Å². The van der Waals surface area contributed by atoms with Crippen molar-refractivity contribution in [3.05, 3.63) is 0 Å². The number of hydrogen-bond acceptors (Lipinski definition) is 2. The van der Waals surface area contributed by atoms with E-state index in [1.54, 1.807) is 0 Å². The van der Waals surface area contributed by atoms with E-state index in [4.69, 9.17) is 4.55 Å². The highest BCUT2D eigenvalue weighted by Gasteiger charge is 2.67. The van der Waals surface area contributed by atoms with E-state index in [0.29, 0.717) is 0 Å². The lowest BCUT2D eigenvalue weighted by Gasteiger charge is -2.15. The highest BCUT2D eigenvalue weighted by Crippen LogP contribution is 2.38. The van der Waals surface area contributed by atoms with Crippen LogP contribution in [0.15, 0.2) is 0 Å². The third-order valence-corrected chi connectivity index (χ3v) is 1.53. The van der Waals surface area contributed by atoms with Gasteiger partial charge in [0.05, 0.1) is 0 Å². The Bertz CT molecular complexity index is 238. The van der Waals surface area contributed by atoms with Crippen molar-refractivity contribution in [2.75, 3.05) is 0 Å². The van der Waals surface area contributed by atoms with Gasteiger partial charge in [-0.15, -0.1) is 0 Å². The van der Waals surface area contributed by atoms with Gasteiger partial charge in [-0.25, -0.2) is 0 Å². The fourth-order valence-corrected chi connectivity index (χ4v) is 0.439. The lowest BCUT2D eigenvalue weighted by molar-refractivity contribution is -0.243. The minimum atomic E-state index is -6.42. The molecule has 0 radical (unpaired) electrons. The van der Waals surface area contributed by atoms with Crippen LogP contribution in [0.3, 0.4) is 0 Å². The highest BCUT2D eigenvalue weighted by molar-refractivity contribution is 7.86. The van der Waals surface area contributed by atoms with E-state index >= 15 is 0 Å². The van der Waals surface area contributed by atoms with Crippen LogP contribution in [-0.2, 0) is 10.1 Å². The van der Waals surface area contributed by atoms with Crippen molar-refractivity contribution in [1.82, 2.24) is 0 Å². The van der Waals surface area contributed by atoms with Crippen LogP contribution in [0, 0.1) is 0 Å². The second-order valence-electron chi connectivity index (χ2n) is 1.49. The van der Waals surface area contributed by atoms with Crippen molar-refractivity contribution < 1.29 is 39.6 Å². The summed E-state index contributed by atoms with van der Waals surface area (Å²) in [6.45, 7) is 0. The monoisotopic (exact) mass is 220 g/mol. The van der Waals surface area contributed by atoms with E-state index in [-0.39, 0.29) is 4.70 Å². The van der Waals surface area contributed by atoms with Crippen molar-refractivity contribution in [2.24, 2.45) is 0 Å². The fraction of sp³-hybridized carbons (Fsp3) is 1.00. The lowest BCUT2D eigenvalue weighted by atomic mass is 10.7. The van der Waals surface area contributed by atoms with Crippen molar-refractivity contribution >= 4 is 10.1 Å². The van der Waals surface area contributed by atoms with Crippen LogP contribution in [-0.4, -0.2) is 24.4 Å². The normalized spacial score (nSPS) is 13.8. The number of alkyl halides is 5. The maximum atomic E-state index is 11.5. The third-order valence-electron chi connectivity index (χ3n) is 0.654. The van der Waals surface area contributed by atoms with Gasteiger partial charge in [-0.1, -0.05) is 0 Å². The molecule has 0 aromatic carbocycles. The molecule has 0 amide bonds. The zero-order valence-electron chi connectivity index (χ0n) is 4.97. The van der Waals surface area contributed by atoms with Crippen molar-refractivity contribution in [1.29, 1.82) is 0 Å². The molecule has 0 spiro atoms. The van der Waals surface area contributed by atoms with Gasteiger partial charge < -0.3 is 0 Å². The summed E-state index contributed by atoms with van der Waals surface area (Å²) in [6.07, 6.45) is -6.29. The molecular weight excluding hydrogens is 218 g/mol. The maximum absolute atomic E-state index is 11.5. The average molecular weight is 220 g/mol. The van der Waals surface area contributed by atoms with E-state index in [1.807, 2.05) is 0 Å². The summed E-state index contributed by atoms with van der Waals surface area (Å²) in [5.41, 5.74) is 0. The minimum absolute atomic E-state index is 0. The van der Waals surface area contributed by atoms with Crippen LogP contribution in [0.4, 0.5) is 26.7 Å². The van der Waals surface area contributed by atoms with Gasteiger partial charge >= 0.3 is 21.5 Å². The van der Waals surface area contributed by atoms with Gasteiger partial charge in [0, 0.05) is 0 Å². The molecule has 0 atom stereocenters. The Hall–Kier alpha value is -0.510. The first kappa shape index (κ1) is 14.0. The van der Waals surface area contributed by atoms with Gasteiger partial charge in [0.1, 0.15) is 0 Å². The summed E-state index contributed by atoms with van der Waals surface area (Å²) in [7, 11) is -6.42. The second kappa shape index (κ2) is 3.09. The number of halogens is 6. The van der Waals surface area contributed by atoms with E-state index in [1.165, 1.54) is 0 Å². The van der Waals surface area contributed by atoms with Gasteiger partial charge in [0.25, 0.3) is 0 Å². The van der Waals surface area contributed by atoms with Gasteiger partial charge in [0.15, 0.2) is 0 Å².